The summed E-state index contributed by atoms with van der Waals surface area (Å²) in [6.07, 6.45) is 0.349. The number of para-hydroxylation sites is 2. The van der Waals surface area contributed by atoms with Crippen molar-refractivity contribution in [1.82, 2.24) is 5.32 Å². The third-order valence-corrected chi connectivity index (χ3v) is 1.88. The Labute approximate surface area is 89.4 Å². The number of nitrogens with one attached hydrogen (secondary N) is 1. The molecule has 0 unspecified atom stereocenters. The molecule has 0 radical (unpaired) electrons. The second-order valence-corrected chi connectivity index (χ2v) is 3.09. The van der Waals surface area contributed by atoms with Gasteiger partial charge in [-0.3, -0.25) is 4.79 Å². The lowest BCUT2D eigenvalue weighted by atomic mass is 10.3. The smallest absolute Gasteiger partial charge is 0.223 e. The quantitative estimate of drug-likeness (QED) is 0.714. The molecule has 82 valence electrons. The van der Waals surface area contributed by atoms with Crippen molar-refractivity contribution in [3.05, 3.63) is 24.3 Å². The van der Waals surface area contributed by atoms with E-state index >= 15 is 0 Å². The minimum Gasteiger partial charge on any atom is -0.491 e. The number of rotatable bonds is 5. The summed E-state index contributed by atoms with van der Waals surface area (Å²) in [7, 11) is 0. The van der Waals surface area contributed by atoms with Crippen LogP contribution in [0.1, 0.15) is 13.3 Å². The van der Waals surface area contributed by atoms with Gasteiger partial charge in [0.15, 0.2) is 0 Å². The molecule has 0 heterocycles. The minimum atomic E-state index is -0.00741. The van der Waals surface area contributed by atoms with Gasteiger partial charge in [-0.2, -0.15) is 0 Å². The average molecular weight is 208 g/mol. The molecule has 15 heavy (non-hydrogen) atoms. The van der Waals surface area contributed by atoms with Crippen LogP contribution in [-0.2, 0) is 4.79 Å². The Morgan fingerprint density at radius 2 is 2.20 bits per heavy atom. The van der Waals surface area contributed by atoms with E-state index in [0.717, 1.165) is 0 Å². The Balaban J connectivity index is 2.32. The first-order chi connectivity index (χ1) is 7.24. The molecule has 0 bridgehead atoms. The monoisotopic (exact) mass is 208 g/mol. The van der Waals surface area contributed by atoms with Gasteiger partial charge in [0, 0.05) is 6.54 Å². The predicted molar refractivity (Wildman–Crippen MR) is 59.7 cm³/mol. The summed E-state index contributed by atoms with van der Waals surface area (Å²) in [5.74, 6) is 0.619. The summed E-state index contributed by atoms with van der Waals surface area (Å²) in [4.78, 5) is 11.1. The van der Waals surface area contributed by atoms with Gasteiger partial charge in [0.25, 0.3) is 0 Å². The number of nitrogen functional groups attached to an aromatic ring is 1. The Bertz CT molecular complexity index is 326. The molecule has 3 N–H and O–H groups in total. The van der Waals surface area contributed by atoms with Gasteiger partial charge in [-0.25, -0.2) is 0 Å². The fraction of sp³-hybridized carbons (Fsp3) is 0.364. The van der Waals surface area contributed by atoms with Crippen molar-refractivity contribution in [2.24, 2.45) is 0 Å². The number of ether oxygens (including phenoxy) is 1. The molecule has 0 saturated carbocycles. The topological polar surface area (TPSA) is 64.3 Å². The van der Waals surface area contributed by atoms with Crippen LogP contribution in [-0.4, -0.2) is 19.1 Å². The fourth-order valence-electron chi connectivity index (χ4n) is 1.15. The highest BCUT2D eigenvalue weighted by atomic mass is 16.5. The van der Waals surface area contributed by atoms with Gasteiger partial charge in [0.2, 0.25) is 5.91 Å². The van der Waals surface area contributed by atoms with Crippen LogP contribution in [0.3, 0.4) is 0 Å². The highest BCUT2D eigenvalue weighted by molar-refractivity contribution is 5.75. The molecular formula is C11H16N2O2. The third-order valence-electron chi connectivity index (χ3n) is 1.88. The average Bonchev–Trinajstić information content (AvgIpc) is 2.21. The van der Waals surface area contributed by atoms with Crippen LogP contribution in [0.5, 0.6) is 5.75 Å². The van der Waals surface area contributed by atoms with Crippen molar-refractivity contribution >= 4 is 11.6 Å². The van der Waals surface area contributed by atoms with E-state index in [1.807, 2.05) is 19.1 Å². The molecule has 1 aromatic rings. The summed E-state index contributed by atoms with van der Waals surface area (Å²) in [6.45, 7) is 2.88. The lowest BCUT2D eigenvalue weighted by molar-refractivity contribution is -0.121. The number of nitrogens with two attached hydrogens (primary N) is 1. The number of anilines is 1. The maximum absolute atomic E-state index is 11.1. The molecule has 0 aliphatic carbocycles. The number of hydrogen-bond acceptors (Lipinski definition) is 3. The van der Waals surface area contributed by atoms with E-state index in [2.05, 4.69) is 5.32 Å². The molecule has 0 aliphatic rings. The summed E-state index contributed by atoms with van der Waals surface area (Å²) < 4.78 is 5.37. The van der Waals surface area contributed by atoms with E-state index in [4.69, 9.17) is 10.5 Å². The number of benzene rings is 1. The van der Waals surface area contributed by atoms with Gasteiger partial charge in [-0.1, -0.05) is 12.1 Å². The van der Waals surface area contributed by atoms with Gasteiger partial charge in [-0.15, -0.1) is 0 Å². The molecule has 0 atom stereocenters. The first-order valence-electron chi connectivity index (χ1n) is 4.98. The van der Waals surface area contributed by atoms with E-state index in [1.165, 1.54) is 0 Å². The molecule has 0 saturated heterocycles. The Hall–Kier alpha value is -1.71. The number of carbonyl (C=O) groups excluding carboxylic acids is 1. The van der Waals surface area contributed by atoms with Gasteiger partial charge in [0.05, 0.1) is 18.7 Å². The first kappa shape index (κ1) is 11.4. The van der Waals surface area contributed by atoms with Crippen molar-refractivity contribution in [1.29, 1.82) is 0 Å². The Morgan fingerprint density at radius 3 is 2.87 bits per heavy atom. The maximum atomic E-state index is 11.1. The van der Waals surface area contributed by atoms with Gasteiger partial charge >= 0.3 is 0 Å². The summed E-state index contributed by atoms with van der Waals surface area (Å²) in [6, 6.07) is 7.23. The minimum absolute atomic E-state index is 0.00741. The van der Waals surface area contributed by atoms with Gasteiger partial charge < -0.3 is 15.8 Å². The summed E-state index contributed by atoms with van der Waals surface area (Å²) >= 11 is 0. The molecule has 0 spiro atoms. The van der Waals surface area contributed by atoms with E-state index in [1.54, 1.807) is 12.1 Å². The highest BCUT2D eigenvalue weighted by Crippen LogP contribution is 2.19. The second kappa shape index (κ2) is 5.90. The maximum Gasteiger partial charge on any atom is 0.223 e. The van der Waals surface area contributed by atoms with Crippen LogP contribution in [0.2, 0.25) is 0 Å². The van der Waals surface area contributed by atoms with Crippen LogP contribution in [0, 0.1) is 0 Å². The first-order valence-corrected chi connectivity index (χ1v) is 4.98. The van der Waals surface area contributed by atoms with Crippen molar-refractivity contribution in [2.45, 2.75) is 13.3 Å². The van der Waals surface area contributed by atoms with Crippen LogP contribution in [0.15, 0.2) is 24.3 Å². The predicted octanol–water partition coefficient (Wildman–Crippen LogP) is 1.17. The molecular weight excluding hydrogens is 192 g/mol. The van der Waals surface area contributed by atoms with Crippen molar-refractivity contribution in [3.63, 3.8) is 0 Å². The zero-order chi connectivity index (χ0) is 11.1. The number of hydrogen-bond donors (Lipinski definition) is 2. The van der Waals surface area contributed by atoms with Crippen molar-refractivity contribution < 1.29 is 9.53 Å². The SMILES string of the molecule is CCNC(=O)CCOc1ccccc1N. The molecule has 0 aromatic heterocycles. The fourth-order valence-corrected chi connectivity index (χ4v) is 1.15. The van der Waals surface area contributed by atoms with E-state index in [0.29, 0.717) is 31.0 Å². The molecule has 0 aliphatic heterocycles. The molecule has 4 heteroatoms. The zero-order valence-electron chi connectivity index (χ0n) is 8.82. The van der Waals surface area contributed by atoms with Crippen LogP contribution < -0.4 is 15.8 Å². The highest BCUT2D eigenvalue weighted by Gasteiger charge is 2.01. The lowest BCUT2D eigenvalue weighted by Crippen LogP contribution is -2.24. The van der Waals surface area contributed by atoms with E-state index in [-0.39, 0.29) is 5.91 Å². The Kier molecular flexibility index (Phi) is 4.47. The molecule has 1 amide bonds. The van der Waals surface area contributed by atoms with Gasteiger partial charge in [-0.05, 0) is 19.1 Å². The summed E-state index contributed by atoms with van der Waals surface area (Å²) in [5.41, 5.74) is 6.26. The van der Waals surface area contributed by atoms with E-state index in [9.17, 15) is 4.79 Å². The second-order valence-electron chi connectivity index (χ2n) is 3.09. The number of amides is 1. The number of carbonyl (C=O) groups is 1. The zero-order valence-corrected chi connectivity index (χ0v) is 8.82. The van der Waals surface area contributed by atoms with Crippen LogP contribution in [0.25, 0.3) is 0 Å². The van der Waals surface area contributed by atoms with E-state index < -0.39 is 0 Å². The molecule has 0 fully saturated rings. The van der Waals surface area contributed by atoms with Crippen molar-refractivity contribution in [3.8, 4) is 5.75 Å². The molecule has 1 rings (SSSR count). The van der Waals surface area contributed by atoms with Crippen LogP contribution >= 0.6 is 0 Å². The van der Waals surface area contributed by atoms with Crippen molar-refractivity contribution in [2.75, 3.05) is 18.9 Å². The largest absolute Gasteiger partial charge is 0.491 e. The van der Waals surface area contributed by atoms with Crippen LogP contribution in [0.4, 0.5) is 5.69 Å². The lowest BCUT2D eigenvalue weighted by Gasteiger charge is -2.08. The standard InChI is InChI=1S/C11H16N2O2/c1-2-13-11(14)7-8-15-10-6-4-3-5-9(10)12/h3-6H,2,7-8,12H2,1H3,(H,13,14). The Morgan fingerprint density at radius 1 is 1.47 bits per heavy atom. The summed E-state index contributed by atoms with van der Waals surface area (Å²) in [5, 5.41) is 2.70. The third kappa shape index (κ3) is 3.89. The molecule has 1 aromatic carbocycles. The van der Waals surface area contributed by atoms with Gasteiger partial charge in [0.1, 0.15) is 5.75 Å². The molecule has 4 nitrogen and oxygen atoms in total. The normalized spacial score (nSPS) is 9.67.